The quantitative estimate of drug-likeness (QED) is 0.545. The Labute approximate surface area is 159 Å². The van der Waals surface area contributed by atoms with Gasteiger partial charge in [0, 0.05) is 0 Å². The maximum atomic E-state index is 13.3. The van der Waals surface area contributed by atoms with Gasteiger partial charge in [0.1, 0.15) is 10.4 Å². The van der Waals surface area contributed by atoms with Crippen LogP contribution in [0.4, 0.5) is 0 Å². The summed E-state index contributed by atoms with van der Waals surface area (Å²) >= 11 is 1.35. The first-order valence-corrected chi connectivity index (χ1v) is 9.39. The van der Waals surface area contributed by atoms with Crippen LogP contribution in [0.15, 0.2) is 69.6 Å². The van der Waals surface area contributed by atoms with Gasteiger partial charge >= 0.3 is 5.69 Å². The molecule has 2 aromatic heterocycles. The summed E-state index contributed by atoms with van der Waals surface area (Å²) in [6, 6.07) is 16.8. The summed E-state index contributed by atoms with van der Waals surface area (Å²) in [5.74, 6) is 0.731. The summed E-state index contributed by atoms with van der Waals surface area (Å²) in [6.45, 7) is 2.29. The molecule has 4 aromatic rings. The normalized spacial score (nSPS) is 11.0. The Morgan fingerprint density at radius 3 is 2.63 bits per heavy atom. The summed E-state index contributed by atoms with van der Waals surface area (Å²) in [6.07, 6.45) is 0. The first-order valence-electron chi connectivity index (χ1n) is 8.51. The SMILES string of the molecule is COc1cccc(Cn2c(=O)n(-c3cccc(C)c3)c(=O)c3sccc32)c1. The summed E-state index contributed by atoms with van der Waals surface area (Å²) < 4.78 is 8.75. The van der Waals surface area contributed by atoms with E-state index < -0.39 is 0 Å². The molecule has 6 heteroatoms. The van der Waals surface area contributed by atoms with Crippen molar-refractivity contribution in [2.45, 2.75) is 13.5 Å². The van der Waals surface area contributed by atoms with E-state index in [9.17, 15) is 9.59 Å². The molecule has 0 atom stereocenters. The van der Waals surface area contributed by atoms with Gasteiger partial charge in [-0.2, -0.15) is 0 Å². The van der Waals surface area contributed by atoms with E-state index in [1.165, 1.54) is 15.9 Å². The van der Waals surface area contributed by atoms with Crippen molar-refractivity contribution in [3.8, 4) is 11.4 Å². The van der Waals surface area contributed by atoms with Crippen LogP contribution in [0.3, 0.4) is 0 Å². The molecule has 2 aromatic carbocycles. The van der Waals surface area contributed by atoms with E-state index in [-0.39, 0.29) is 11.2 Å². The molecule has 0 radical (unpaired) electrons. The largest absolute Gasteiger partial charge is 0.497 e. The fourth-order valence-corrected chi connectivity index (χ4v) is 4.01. The first kappa shape index (κ1) is 17.3. The lowest BCUT2D eigenvalue weighted by Crippen LogP contribution is -2.38. The van der Waals surface area contributed by atoms with E-state index in [4.69, 9.17) is 4.74 Å². The minimum Gasteiger partial charge on any atom is -0.497 e. The lowest BCUT2D eigenvalue weighted by molar-refractivity contribution is 0.414. The first-order chi connectivity index (χ1) is 13.1. The topological polar surface area (TPSA) is 53.2 Å². The summed E-state index contributed by atoms with van der Waals surface area (Å²) in [4.78, 5) is 26.2. The second-order valence-electron chi connectivity index (χ2n) is 6.33. The number of hydrogen-bond acceptors (Lipinski definition) is 4. The molecule has 0 unspecified atom stereocenters. The van der Waals surface area contributed by atoms with Crippen molar-refractivity contribution in [2.75, 3.05) is 7.11 Å². The molecule has 0 bridgehead atoms. The van der Waals surface area contributed by atoms with Gasteiger partial charge in [-0.15, -0.1) is 11.3 Å². The number of rotatable bonds is 4. The molecule has 0 aliphatic carbocycles. The second-order valence-corrected chi connectivity index (χ2v) is 7.25. The van der Waals surface area contributed by atoms with Gasteiger partial charge < -0.3 is 4.74 Å². The summed E-state index contributed by atoms with van der Waals surface area (Å²) in [5, 5.41) is 1.84. The number of nitrogens with zero attached hydrogens (tertiary/aromatic N) is 2. The van der Waals surface area contributed by atoms with E-state index >= 15 is 0 Å². The molecule has 0 N–H and O–H groups in total. The molecule has 5 nitrogen and oxygen atoms in total. The number of ether oxygens (including phenoxy) is 1. The molecular weight excluding hydrogens is 360 g/mol. The molecule has 0 aliphatic rings. The van der Waals surface area contributed by atoms with Crippen molar-refractivity contribution in [3.05, 3.63) is 91.9 Å². The standard InChI is InChI=1S/C21H18N2O3S/c1-14-5-3-7-16(11-14)23-20(24)19-18(9-10-27-19)22(21(23)25)13-15-6-4-8-17(12-15)26-2/h3-12H,13H2,1-2H3. The predicted octanol–water partition coefficient (Wildman–Crippen LogP) is 3.58. The fourth-order valence-electron chi connectivity index (χ4n) is 3.19. The zero-order chi connectivity index (χ0) is 19.0. The van der Waals surface area contributed by atoms with Gasteiger partial charge in [0.15, 0.2) is 0 Å². The fraction of sp³-hybridized carbons (Fsp3) is 0.143. The summed E-state index contributed by atoms with van der Waals surface area (Å²) in [5.41, 5.74) is 2.53. The van der Waals surface area contributed by atoms with Gasteiger partial charge in [-0.25, -0.2) is 9.36 Å². The Morgan fingerprint density at radius 2 is 1.85 bits per heavy atom. The van der Waals surface area contributed by atoms with Crippen LogP contribution in [-0.2, 0) is 6.54 Å². The average Bonchev–Trinajstić information content (AvgIpc) is 3.16. The van der Waals surface area contributed by atoms with Crippen LogP contribution in [0.5, 0.6) is 5.75 Å². The van der Waals surface area contributed by atoms with Crippen LogP contribution in [0.25, 0.3) is 15.9 Å². The van der Waals surface area contributed by atoms with Crippen LogP contribution >= 0.6 is 11.3 Å². The highest BCUT2D eigenvalue weighted by Crippen LogP contribution is 2.19. The van der Waals surface area contributed by atoms with Crippen molar-refractivity contribution in [1.82, 2.24) is 9.13 Å². The maximum absolute atomic E-state index is 13.3. The number of thiophene rings is 1. The third-order valence-corrected chi connectivity index (χ3v) is 5.38. The Balaban J connectivity index is 1.96. The number of hydrogen-bond donors (Lipinski definition) is 0. The van der Waals surface area contributed by atoms with E-state index in [0.717, 1.165) is 16.9 Å². The van der Waals surface area contributed by atoms with Gasteiger partial charge in [-0.05, 0) is 53.8 Å². The average molecular weight is 378 g/mol. The number of benzene rings is 2. The van der Waals surface area contributed by atoms with Crippen LogP contribution in [0, 0.1) is 6.92 Å². The van der Waals surface area contributed by atoms with Gasteiger partial charge in [-0.1, -0.05) is 24.3 Å². The molecule has 0 saturated carbocycles. The smallest absolute Gasteiger partial charge is 0.336 e. The van der Waals surface area contributed by atoms with Crippen LogP contribution in [0.2, 0.25) is 0 Å². The number of aromatic nitrogens is 2. The predicted molar refractivity (Wildman–Crippen MR) is 109 cm³/mol. The van der Waals surface area contributed by atoms with Gasteiger partial charge in [0.2, 0.25) is 0 Å². The molecule has 2 heterocycles. The van der Waals surface area contributed by atoms with E-state index in [2.05, 4.69) is 0 Å². The number of aryl methyl sites for hydroxylation is 1. The van der Waals surface area contributed by atoms with Crippen molar-refractivity contribution in [1.29, 1.82) is 0 Å². The van der Waals surface area contributed by atoms with Crippen LogP contribution in [-0.4, -0.2) is 16.2 Å². The lowest BCUT2D eigenvalue weighted by atomic mass is 10.2. The van der Waals surface area contributed by atoms with Crippen molar-refractivity contribution < 1.29 is 4.74 Å². The minimum absolute atomic E-state index is 0.280. The second kappa shape index (κ2) is 6.89. The van der Waals surface area contributed by atoms with Gasteiger partial charge in [0.25, 0.3) is 5.56 Å². The molecule has 0 spiro atoms. The molecule has 136 valence electrons. The van der Waals surface area contributed by atoms with Crippen molar-refractivity contribution in [3.63, 3.8) is 0 Å². The van der Waals surface area contributed by atoms with Gasteiger partial charge in [0.05, 0.1) is 24.9 Å². The Morgan fingerprint density at radius 1 is 1.04 bits per heavy atom. The molecule has 4 rings (SSSR count). The highest BCUT2D eigenvalue weighted by Gasteiger charge is 2.16. The maximum Gasteiger partial charge on any atom is 0.336 e. The third kappa shape index (κ3) is 3.08. The van der Waals surface area contributed by atoms with Crippen LogP contribution in [0.1, 0.15) is 11.1 Å². The van der Waals surface area contributed by atoms with E-state index in [1.807, 2.05) is 60.8 Å². The third-order valence-electron chi connectivity index (χ3n) is 4.49. The molecule has 0 aliphatic heterocycles. The summed E-state index contributed by atoms with van der Waals surface area (Å²) in [7, 11) is 1.61. The Bertz CT molecular complexity index is 1250. The highest BCUT2D eigenvalue weighted by molar-refractivity contribution is 7.17. The number of methoxy groups -OCH3 is 1. The van der Waals surface area contributed by atoms with E-state index in [1.54, 1.807) is 17.7 Å². The Hall–Kier alpha value is -3.12. The van der Waals surface area contributed by atoms with Crippen LogP contribution < -0.4 is 16.0 Å². The minimum atomic E-state index is -0.348. The molecule has 0 fully saturated rings. The molecule has 0 saturated heterocycles. The molecule has 0 amide bonds. The zero-order valence-corrected chi connectivity index (χ0v) is 15.8. The van der Waals surface area contributed by atoms with Gasteiger partial charge in [-0.3, -0.25) is 9.36 Å². The molecule has 27 heavy (non-hydrogen) atoms. The van der Waals surface area contributed by atoms with Crippen molar-refractivity contribution >= 4 is 21.6 Å². The Kier molecular flexibility index (Phi) is 4.41. The highest BCUT2D eigenvalue weighted by atomic mass is 32.1. The monoisotopic (exact) mass is 378 g/mol. The molecular formula is C21H18N2O3S. The lowest BCUT2D eigenvalue weighted by Gasteiger charge is -2.13. The zero-order valence-electron chi connectivity index (χ0n) is 15.0. The number of fused-ring (bicyclic) bond motifs is 1. The van der Waals surface area contributed by atoms with Crippen molar-refractivity contribution in [2.24, 2.45) is 0 Å². The van der Waals surface area contributed by atoms with E-state index in [0.29, 0.717) is 22.4 Å².